The second-order valence-electron chi connectivity index (χ2n) is 6.85. The lowest BCUT2D eigenvalue weighted by Crippen LogP contribution is -2.48. The average Bonchev–Trinajstić information content (AvgIpc) is 3.26. The van der Waals surface area contributed by atoms with E-state index in [4.69, 9.17) is 16.0 Å². The summed E-state index contributed by atoms with van der Waals surface area (Å²) in [6.07, 6.45) is 0.981. The molecule has 2 aromatic heterocycles. The highest BCUT2D eigenvalue weighted by molar-refractivity contribution is 7.09. The molecule has 3 heterocycles. The zero-order valence-corrected chi connectivity index (χ0v) is 17.1. The quantitative estimate of drug-likeness (QED) is 0.649. The molecule has 0 saturated carbocycles. The van der Waals surface area contributed by atoms with E-state index in [9.17, 15) is 4.79 Å². The van der Waals surface area contributed by atoms with Gasteiger partial charge in [0.05, 0.1) is 10.7 Å². The third-order valence-electron chi connectivity index (χ3n) is 5.04. The van der Waals surface area contributed by atoms with Crippen molar-refractivity contribution >= 4 is 39.8 Å². The van der Waals surface area contributed by atoms with Crippen molar-refractivity contribution in [2.75, 3.05) is 26.2 Å². The fraction of sp³-hybridized carbons (Fsp3) is 0.400. The molecule has 1 aliphatic heterocycles. The smallest absolute Gasteiger partial charge is 0.289 e. The maximum atomic E-state index is 13.0. The Balaban J connectivity index is 1.42. The number of rotatable bonds is 4. The van der Waals surface area contributed by atoms with Gasteiger partial charge in [0.1, 0.15) is 5.58 Å². The molecule has 0 aliphatic carbocycles. The highest BCUT2D eigenvalue weighted by Gasteiger charge is 2.27. The van der Waals surface area contributed by atoms with Crippen LogP contribution in [0.4, 0.5) is 0 Å². The van der Waals surface area contributed by atoms with Crippen molar-refractivity contribution in [1.29, 1.82) is 0 Å². The number of furan rings is 1. The van der Waals surface area contributed by atoms with Gasteiger partial charge < -0.3 is 9.32 Å². The maximum absolute atomic E-state index is 13.0. The number of carbonyl (C=O) groups excluding carboxylic acids is 1. The van der Waals surface area contributed by atoms with Crippen molar-refractivity contribution in [2.45, 2.75) is 26.8 Å². The summed E-state index contributed by atoms with van der Waals surface area (Å²) in [6.45, 7) is 7.97. The van der Waals surface area contributed by atoms with Crippen LogP contribution in [0.5, 0.6) is 0 Å². The van der Waals surface area contributed by atoms with Gasteiger partial charge in [-0.3, -0.25) is 9.69 Å². The van der Waals surface area contributed by atoms with Gasteiger partial charge in [0.25, 0.3) is 5.91 Å². The van der Waals surface area contributed by atoms with Crippen LogP contribution in [0.15, 0.2) is 28.0 Å². The number of hydrogen-bond acceptors (Lipinski definition) is 5. The summed E-state index contributed by atoms with van der Waals surface area (Å²) >= 11 is 7.80. The molecule has 0 N–H and O–H groups in total. The van der Waals surface area contributed by atoms with Crippen LogP contribution in [0.25, 0.3) is 11.0 Å². The molecule has 1 saturated heterocycles. The fourth-order valence-corrected chi connectivity index (χ4v) is 4.37. The number of aryl methyl sites for hydroxylation is 2. The molecule has 0 unspecified atom stereocenters. The lowest BCUT2D eigenvalue weighted by Gasteiger charge is -2.34. The van der Waals surface area contributed by atoms with Crippen molar-refractivity contribution in [2.24, 2.45) is 0 Å². The van der Waals surface area contributed by atoms with Gasteiger partial charge >= 0.3 is 0 Å². The van der Waals surface area contributed by atoms with Crippen LogP contribution >= 0.6 is 22.9 Å². The summed E-state index contributed by atoms with van der Waals surface area (Å²) in [5.74, 6) is 0.384. The van der Waals surface area contributed by atoms with Crippen LogP contribution in [0.1, 0.15) is 33.7 Å². The SMILES string of the molecule is CCc1nc(CN2CCN(C(=O)c3oc4ccc(Cl)cc4c3C)CC2)cs1. The number of thiazole rings is 1. The topological polar surface area (TPSA) is 49.6 Å². The molecule has 0 radical (unpaired) electrons. The number of fused-ring (bicyclic) bond motifs is 1. The fourth-order valence-electron chi connectivity index (χ4n) is 3.46. The molecular formula is C20H22ClN3O2S. The van der Waals surface area contributed by atoms with E-state index < -0.39 is 0 Å². The van der Waals surface area contributed by atoms with Crippen molar-refractivity contribution < 1.29 is 9.21 Å². The van der Waals surface area contributed by atoms with Gasteiger partial charge in [-0.15, -0.1) is 11.3 Å². The number of aromatic nitrogens is 1. The van der Waals surface area contributed by atoms with Crippen LogP contribution in [0, 0.1) is 6.92 Å². The molecular weight excluding hydrogens is 382 g/mol. The van der Waals surface area contributed by atoms with Crippen LogP contribution < -0.4 is 0 Å². The molecule has 1 aromatic carbocycles. The molecule has 0 spiro atoms. The van der Waals surface area contributed by atoms with Crippen molar-refractivity contribution in [1.82, 2.24) is 14.8 Å². The Hall–Kier alpha value is -1.89. The molecule has 142 valence electrons. The van der Waals surface area contributed by atoms with E-state index >= 15 is 0 Å². The van der Waals surface area contributed by atoms with Gasteiger partial charge in [-0.2, -0.15) is 0 Å². The predicted octanol–water partition coefficient (Wildman–Crippen LogP) is 4.37. The summed E-state index contributed by atoms with van der Waals surface area (Å²) in [6, 6.07) is 5.45. The first-order valence-corrected chi connectivity index (χ1v) is 10.4. The zero-order chi connectivity index (χ0) is 19.0. The number of benzene rings is 1. The van der Waals surface area contributed by atoms with E-state index in [1.165, 1.54) is 5.01 Å². The van der Waals surface area contributed by atoms with Gasteiger partial charge in [-0.1, -0.05) is 18.5 Å². The highest BCUT2D eigenvalue weighted by Crippen LogP contribution is 2.29. The summed E-state index contributed by atoms with van der Waals surface area (Å²) in [5.41, 5.74) is 2.69. The van der Waals surface area contributed by atoms with Gasteiger partial charge in [0.2, 0.25) is 0 Å². The Morgan fingerprint density at radius 1 is 1.30 bits per heavy atom. The Labute approximate surface area is 167 Å². The maximum Gasteiger partial charge on any atom is 0.289 e. The second kappa shape index (κ2) is 7.62. The first-order chi connectivity index (χ1) is 13.0. The number of carbonyl (C=O) groups is 1. The minimum absolute atomic E-state index is 0.0404. The third-order valence-corrected chi connectivity index (χ3v) is 6.32. The number of nitrogens with zero attached hydrogens (tertiary/aromatic N) is 3. The molecule has 0 atom stereocenters. The highest BCUT2D eigenvalue weighted by atomic mass is 35.5. The Bertz CT molecular complexity index is 973. The van der Waals surface area contributed by atoms with Gasteiger partial charge in [-0.05, 0) is 31.5 Å². The molecule has 3 aromatic rings. The zero-order valence-electron chi connectivity index (χ0n) is 15.5. The molecule has 0 bridgehead atoms. The van der Waals surface area contributed by atoms with E-state index in [1.54, 1.807) is 17.4 Å². The lowest BCUT2D eigenvalue weighted by molar-refractivity contribution is 0.0598. The standard InChI is InChI=1S/C20H22ClN3O2S/c1-3-18-22-15(12-27-18)11-23-6-8-24(9-7-23)20(25)19-13(2)16-10-14(21)4-5-17(16)26-19/h4-5,10,12H,3,6-9,11H2,1-2H3. The summed E-state index contributed by atoms with van der Waals surface area (Å²) in [7, 11) is 0. The molecule has 7 heteroatoms. The van der Waals surface area contributed by atoms with E-state index in [1.807, 2.05) is 24.0 Å². The van der Waals surface area contributed by atoms with E-state index in [2.05, 4.69) is 22.2 Å². The molecule has 1 amide bonds. The van der Waals surface area contributed by atoms with Crippen LogP contribution in [0.3, 0.4) is 0 Å². The van der Waals surface area contributed by atoms with E-state index in [0.29, 0.717) is 29.5 Å². The van der Waals surface area contributed by atoms with Crippen molar-refractivity contribution in [3.8, 4) is 0 Å². The number of hydrogen-bond donors (Lipinski definition) is 0. The molecule has 27 heavy (non-hydrogen) atoms. The predicted molar refractivity (Wildman–Crippen MR) is 109 cm³/mol. The molecule has 1 aliphatic rings. The largest absolute Gasteiger partial charge is 0.451 e. The lowest BCUT2D eigenvalue weighted by atomic mass is 10.1. The molecule has 5 nitrogen and oxygen atoms in total. The normalized spacial score (nSPS) is 15.6. The van der Waals surface area contributed by atoms with Crippen molar-refractivity contribution in [3.05, 3.63) is 50.6 Å². The monoisotopic (exact) mass is 403 g/mol. The number of halogens is 1. The van der Waals surface area contributed by atoms with Crippen LogP contribution in [0.2, 0.25) is 5.02 Å². The Morgan fingerprint density at radius 2 is 2.07 bits per heavy atom. The van der Waals surface area contributed by atoms with Gasteiger partial charge in [0, 0.05) is 54.1 Å². The van der Waals surface area contributed by atoms with Crippen LogP contribution in [-0.2, 0) is 13.0 Å². The number of piperazine rings is 1. The Kier molecular flexibility index (Phi) is 5.21. The third kappa shape index (κ3) is 3.74. The minimum Gasteiger partial charge on any atom is -0.451 e. The van der Waals surface area contributed by atoms with E-state index in [0.717, 1.165) is 42.7 Å². The number of amides is 1. The van der Waals surface area contributed by atoms with Gasteiger partial charge in [-0.25, -0.2) is 4.98 Å². The first kappa shape index (κ1) is 18.5. The summed E-state index contributed by atoms with van der Waals surface area (Å²) < 4.78 is 5.83. The summed E-state index contributed by atoms with van der Waals surface area (Å²) in [4.78, 5) is 21.8. The van der Waals surface area contributed by atoms with E-state index in [-0.39, 0.29) is 5.91 Å². The van der Waals surface area contributed by atoms with Gasteiger partial charge in [0.15, 0.2) is 5.76 Å². The van der Waals surface area contributed by atoms with Crippen molar-refractivity contribution in [3.63, 3.8) is 0 Å². The van der Waals surface area contributed by atoms with Crippen LogP contribution in [-0.4, -0.2) is 46.9 Å². The second-order valence-corrected chi connectivity index (χ2v) is 8.23. The average molecular weight is 404 g/mol. The minimum atomic E-state index is -0.0404. The summed E-state index contributed by atoms with van der Waals surface area (Å²) in [5, 5.41) is 4.87. The molecule has 4 rings (SSSR count). The Morgan fingerprint density at radius 3 is 2.78 bits per heavy atom. The molecule has 1 fully saturated rings. The first-order valence-electron chi connectivity index (χ1n) is 9.18.